The van der Waals surface area contributed by atoms with E-state index in [1.165, 1.54) is 25.3 Å². The first-order chi connectivity index (χ1) is 10.5. The summed E-state index contributed by atoms with van der Waals surface area (Å²) >= 11 is 5.76. The molecule has 0 atom stereocenters. The number of hydrogen-bond donors (Lipinski definition) is 1. The molecule has 0 bridgehead atoms. The minimum Gasteiger partial charge on any atom is -0.497 e. The summed E-state index contributed by atoms with van der Waals surface area (Å²) < 4.78 is 9.99. The SMILES string of the molecule is COc1ccc(C(=O)COC(=O)c2ccc(Cl)cc2N)cc1. The Morgan fingerprint density at radius 1 is 1.14 bits per heavy atom. The van der Waals surface area contributed by atoms with Crippen molar-refractivity contribution in [2.24, 2.45) is 0 Å². The summed E-state index contributed by atoms with van der Waals surface area (Å²) in [7, 11) is 1.54. The minimum absolute atomic E-state index is 0.173. The molecule has 0 saturated heterocycles. The van der Waals surface area contributed by atoms with E-state index in [1.807, 2.05) is 0 Å². The topological polar surface area (TPSA) is 78.6 Å². The average molecular weight is 320 g/mol. The highest BCUT2D eigenvalue weighted by Crippen LogP contribution is 2.19. The Balaban J connectivity index is 1.99. The molecule has 0 spiro atoms. The van der Waals surface area contributed by atoms with E-state index in [0.717, 1.165) is 0 Å². The van der Waals surface area contributed by atoms with E-state index >= 15 is 0 Å². The molecule has 0 saturated carbocycles. The molecule has 114 valence electrons. The van der Waals surface area contributed by atoms with Gasteiger partial charge >= 0.3 is 5.97 Å². The number of rotatable bonds is 5. The van der Waals surface area contributed by atoms with E-state index in [2.05, 4.69) is 0 Å². The summed E-state index contributed by atoms with van der Waals surface area (Å²) in [5.41, 5.74) is 6.49. The molecular formula is C16H14ClNO4. The number of carbonyl (C=O) groups excluding carboxylic acids is 2. The molecule has 0 amide bonds. The predicted octanol–water partition coefficient (Wildman–Crippen LogP) is 2.97. The number of ketones is 1. The molecule has 2 aromatic rings. The van der Waals surface area contributed by atoms with E-state index < -0.39 is 5.97 Å². The van der Waals surface area contributed by atoms with Crippen molar-refractivity contribution < 1.29 is 19.1 Å². The van der Waals surface area contributed by atoms with Crippen LogP contribution in [0.1, 0.15) is 20.7 Å². The molecule has 6 heteroatoms. The molecule has 0 aromatic heterocycles. The number of ether oxygens (including phenoxy) is 2. The van der Waals surface area contributed by atoms with Gasteiger partial charge in [0.25, 0.3) is 0 Å². The van der Waals surface area contributed by atoms with E-state index in [-0.39, 0.29) is 23.6 Å². The van der Waals surface area contributed by atoms with Gasteiger partial charge in [-0.1, -0.05) is 11.6 Å². The lowest BCUT2D eigenvalue weighted by Gasteiger charge is -2.07. The molecule has 0 radical (unpaired) electrons. The number of benzene rings is 2. The van der Waals surface area contributed by atoms with Crippen LogP contribution in [0.5, 0.6) is 5.75 Å². The molecule has 0 aliphatic carbocycles. The molecule has 0 aliphatic rings. The Bertz CT molecular complexity index is 698. The third-order valence-corrected chi connectivity index (χ3v) is 3.21. The van der Waals surface area contributed by atoms with Crippen LogP contribution in [0.2, 0.25) is 5.02 Å². The largest absolute Gasteiger partial charge is 0.497 e. The Morgan fingerprint density at radius 2 is 1.82 bits per heavy atom. The molecule has 2 aromatic carbocycles. The first-order valence-electron chi connectivity index (χ1n) is 6.40. The van der Waals surface area contributed by atoms with Crippen LogP contribution < -0.4 is 10.5 Å². The van der Waals surface area contributed by atoms with Crippen molar-refractivity contribution in [1.82, 2.24) is 0 Å². The van der Waals surface area contributed by atoms with Crippen LogP contribution in [0.15, 0.2) is 42.5 Å². The highest BCUT2D eigenvalue weighted by Gasteiger charge is 2.14. The molecule has 0 fully saturated rings. The number of Topliss-reactive ketones (excluding diaryl/α,β-unsaturated/α-hetero) is 1. The fraction of sp³-hybridized carbons (Fsp3) is 0.125. The van der Waals surface area contributed by atoms with Crippen LogP contribution in [0.25, 0.3) is 0 Å². The molecule has 0 unspecified atom stereocenters. The van der Waals surface area contributed by atoms with Crippen molar-refractivity contribution in [2.45, 2.75) is 0 Å². The highest BCUT2D eigenvalue weighted by atomic mass is 35.5. The average Bonchev–Trinajstić information content (AvgIpc) is 2.52. The molecule has 5 nitrogen and oxygen atoms in total. The first-order valence-corrected chi connectivity index (χ1v) is 6.78. The van der Waals surface area contributed by atoms with Gasteiger partial charge in [0.15, 0.2) is 12.4 Å². The number of esters is 1. The normalized spacial score (nSPS) is 10.1. The summed E-state index contributed by atoms with van der Waals surface area (Å²) in [5.74, 6) is -0.345. The third-order valence-electron chi connectivity index (χ3n) is 2.98. The Kier molecular flexibility index (Phi) is 5.01. The molecule has 22 heavy (non-hydrogen) atoms. The Hall–Kier alpha value is -2.53. The van der Waals surface area contributed by atoms with E-state index in [9.17, 15) is 9.59 Å². The lowest BCUT2D eigenvalue weighted by atomic mass is 10.1. The second-order valence-electron chi connectivity index (χ2n) is 4.46. The van der Waals surface area contributed by atoms with Gasteiger partial charge in [0, 0.05) is 16.3 Å². The fourth-order valence-electron chi connectivity index (χ4n) is 1.79. The Morgan fingerprint density at radius 3 is 2.41 bits per heavy atom. The molecule has 2 N–H and O–H groups in total. The van der Waals surface area contributed by atoms with Crippen LogP contribution in [0.3, 0.4) is 0 Å². The monoisotopic (exact) mass is 319 g/mol. The molecular weight excluding hydrogens is 306 g/mol. The number of carbonyl (C=O) groups is 2. The van der Waals surface area contributed by atoms with Crippen molar-refractivity contribution in [1.29, 1.82) is 0 Å². The number of methoxy groups -OCH3 is 1. The van der Waals surface area contributed by atoms with E-state index in [0.29, 0.717) is 16.3 Å². The summed E-state index contributed by atoms with van der Waals surface area (Å²) in [6.45, 7) is -0.368. The van der Waals surface area contributed by atoms with Gasteiger partial charge in [0.1, 0.15) is 5.75 Å². The van der Waals surface area contributed by atoms with E-state index in [4.69, 9.17) is 26.8 Å². The molecule has 0 aliphatic heterocycles. The number of halogens is 1. The van der Waals surface area contributed by atoms with Gasteiger partial charge in [0.05, 0.1) is 12.7 Å². The first kappa shape index (κ1) is 15.9. The van der Waals surface area contributed by atoms with Crippen LogP contribution >= 0.6 is 11.6 Å². The minimum atomic E-state index is -0.670. The van der Waals surface area contributed by atoms with Crippen molar-refractivity contribution in [3.05, 3.63) is 58.6 Å². The van der Waals surface area contributed by atoms with Gasteiger partial charge in [-0.25, -0.2) is 4.79 Å². The smallest absolute Gasteiger partial charge is 0.340 e. The number of hydrogen-bond acceptors (Lipinski definition) is 5. The summed E-state index contributed by atoms with van der Waals surface area (Å²) in [6, 6.07) is 11.0. The van der Waals surface area contributed by atoms with Crippen LogP contribution in [-0.2, 0) is 4.74 Å². The second kappa shape index (κ2) is 6.95. The maximum absolute atomic E-state index is 11.9. The zero-order valence-electron chi connectivity index (χ0n) is 11.8. The quantitative estimate of drug-likeness (QED) is 0.520. The van der Waals surface area contributed by atoms with Crippen LogP contribution in [0.4, 0.5) is 5.69 Å². The fourth-order valence-corrected chi connectivity index (χ4v) is 1.97. The van der Waals surface area contributed by atoms with Gasteiger partial charge in [0.2, 0.25) is 0 Å². The van der Waals surface area contributed by atoms with Gasteiger partial charge < -0.3 is 15.2 Å². The molecule has 0 heterocycles. The third kappa shape index (κ3) is 3.77. The van der Waals surface area contributed by atoms with Gasteiger partial charge in [-0.15, -0.1) is 0 Å². The number of anilines is 1. The summed E-state index contributed by atoms with van der Waals surface area (Å²) in [4.78, 5) is 23.8. The van der Waals surface area contributed by atoms with Gasteiger partial charge in [-0.3, -0.25) is 4.79 Å². The second-order valence-corrected chi connectivity index (χ2v) is 4.90. The number of nitrogens with two attached hydrogens (primary N) is 1. The summed E-state index contributed by atoms with van der Waals surface area (Å²) in [6.07, 6.45) is 0. The van der Waals surface area contributed by atoms with Crippen molar-refractivity contribution in [3.63, 3.8) is 0 Å². The predicted molar refractivity (Wildman–Crippen MR) is 83.5 cm³/mol. The number of nitrogen functional groups attached to an aromatic ring is 1. The molecule has 2 rings (SSSR count). The highest BCUT2D eigenvalue weighted by molar-refractivity contribution is 6.31. The van der Waals surface area contributed by atoms with Crippen molar-refractivity contribution >= 4 is 29.0 Å². The maximum Gasteiger partial charge on any atom is 0.340 e. The van der Waals surface area contributed by atoms with Gasteiger partial charge in [-0.2, -0.15) is 0 Å². The van der Waals surface area contributed by atoms with Crippen LogP contribution in [0, 0.1) is 0 Å². The maximum atomic E-state index is 11.9. The lowest BCUT2D eigenvalue weighted by Crippen LogP contribution is -2.15. The zero-order chi connectivity index (χ0) is 16.1. The standard InChI is InChI=1S/C16H14ClNO4/c1-21-12-5-2-10(3-6-12)15(19)9-22-16(20)13-7-4-11(17)8-14(13)18/h2-8H,9,18H2,1H3. The summed E-state index contributed by atoms with van der Waals surface area (Å²) in [5, 5.41) is 0.420. The van der Waals surface area contributed by atoms with Gasteiger partial charge in [-0.05, 0) is 42.5 Å². The zero-order valence-corrected chi connectivity index (χ0v) is 12.6. The van der Waals surface area contributed by atoms with Crippen molar-refractivity contribution in [2.75, 3.05) is 19.5 Å². The lowest BCUT2D eigenvalue weighted by molar-refractivity contribution is 0.0476. The Labute approximate surface area is 132 Å². The van der Waals surface area contributed by atoms with Crippen LogP contribution in [-0.4, -0.2) is 25.5 Å². The van der Waals surface area contributed by atoms with Crippen molar-refractivity contribution in [3.8, 4) is 5.75 Å². The van der Waals surface area contributed by atoms with E-state index in [1.54, 1.807) is 24.3 Å².